The molecule has 26 heavy (non-hydrogen) atoms. The monoisotopic (exact) mass is 354 g/mol. The van der Waals surface area contributed by atoms with Gasteiger partial charge in [-0.15, -0.1) is 0 Å². The normalized spacial score (nSPS) is 11.6. The van der Waals surface area contributed by atoms with Crippen molar-refractivity contribution in [1.29, 1.82) is 0 Å². The highest BCUT2D eigenvalue weighted by molar-refractivity contribution is 5.96. The number of carbonyl (C=O) groups is 2. The first kappa shape index (κ1) is 17.3. The predicted octanol–water partition coefficient (Wildman–Crippen LogP) is 2.25. The molecule has 1 aromatic carbocycles. The third-order valence-electron chi connectivity index (χ3n) is 3.73. The molecule has 0 radical (unpaired) electrons. The number of nitrogens with zero attached hydrogens (tertiary/aromatic N) is 2. The molecular weight excluding hydrogens is 339 g/mol. The van der Waals surface area contributed by atoms with Gasteiger partial charge in [0.25, 0.3) is 5.91 Å². The first-order chi connectivity index (χ1) is 12.6. The minimum atomic E-state index is -1.28. The van der Waals surface area contributed by atoms with Crippen molar-refractivity contribution in [3.05, 3.63) is 71.9 Å². The fourth-order valence-electron chi connectivity index (χ4n) is 2.41. The number of nitrogens with one attached hydrogen (secondary N) is 2. The molecular formula is C18H15FN4O3. The van der Waals surface area contributed by atoms with Crippen LogP contribution in [-0.2, 0) is 9.53 Å². The molecule has 0 saturated carbocycles. The van der Waals surface area contributed by atoms with Crippen molar-refractivity contribution in [2.75, 3.05) is 7.11 Å². The van der Waals surface area contributed by atoms with Crippen LogP contribution in [0, 0.1) is 5.82 Å². The van der Waals surface area contributed by atoms with E-state index in [2.05, 4.69) is 25.2 Å². The van der Waals surface area contributed by atoms with Crippen molar-refractivity contribution in [3.63, 3.8) is 0 Å². The van der Waals surface area contributed by atoms with Crippen molar-refractivity contribution in [3.8, 4) is 11.3 Å². The summed E-state index contributed by atoms with van der Waals surface area (Å²) in [5, 5.41) is 9.14. The van der Waals surface area contributed by atoms with Gasteiger partial charge in [0.15, 0.2) is 6.04 Å². The summed E-state index contributed by atoms with van der Waals surface area (Å²) in [6.45, 7) is 0. The van der Waals surface area contributed by atoms with E-state index in [1.165, 1.54) is 31.4 Å². The number of carbonyl (C=O) groups excluding carboxylic acids is 2. The summed E-state index contributed by atoms with van der Waals surface area (Å²) in [6.07, 6.45) is 3.21. The molecule has 2 aromatic heterocycles. The lowest BCUT2D eigenvalue weighted by Gasteiger charge is -2.16. The van der Waals surface area contributed by atoms with Crippen LogP contribution >= 0.6 is 0 Å². The minimum absolute atomic E-state index is 0.0153. The maximum atomic E-state index is 14.0. The number of methoxy groups -OCH3 is 1. The highest BCUT2D eigenvalue weighted by Gasteiger charge is 2.27. The zero-order chi connectivity index (χ0) is 18.5. The molecule has 2 heterocycles. The Kier molecular flexibility index (Phi) is 5.02. The quantitative estimate of drug-likeness (QED) is 0.685. The molecule has 0 spiro atoms. The number of esters is 1. The molecule has 1 amide bonds. The van der Waals surface area contributed by atoms with Gasteiger partial charge in [-0.1, -0.05) is 18.2 Å². The molecule has 2 N–H and O–H groups in total. The van der Waals surface area contributed by atoms with Gasteiger partial charge in [-0.2, -0.15) is 5.10 Å². The van der Waals surface area contributed by atoms with Crippen LogP contribution in [-0.4, -0.2) is 34.2 Å². The van der Waals surface area contributed by atoms with Crippen molar-refractivity contribution in [2.45, 2.75) is 6.04 Å². The molecule has 7 nitrogen and oxygen atoms in total. The number of aromatic amines is 1. The average molecular weight is 354 g/mol. The maximum Gasteiger partial charge on any atom is 0.333 e. The van der Waals surface area contributed by atoms with E-state index in [4.69, 9.17) is 0 Å². The SMILES string of the molecule is COC(=O)C(NC(=O)c1cc(-c2ccncc2)n[nH]1)c1ccccc1F. The van der Waals surface area contributed by atoms with Gasteiger partial charge < -0.3 is 10.1 Å². The Morgan fingerprint density at radius 1 is 1.19 bits per heavy atom. The van der Waals surface area contributed by atoms with E-state index in [0.717, 1.165) is 5.56 Å². The van der Waals surface area contributed by atoms with Gasteiger partial charge in [0, 0.05) is 23.5 Å². The number of benzene rings is 1. The van der Waals surface area contributed by atoms with Gasteiger partial charge in [-0.3, -0.25) is 14.9 Å². The zero-order valence-electron chi connectivity index (χ0n) is 13.8. The number of hydrogen-bond donors (Lipinski definition) is 2. The van der Waals surface area contributed by atoms with E-state index in [1.807, 2.05) is 0 Å². The fraction of sp³-hybridized carbons (Fsp3) is 0.111. The van der Waals surface area contributed by atoms with Gasteiger partial charge in [0.05, 0.1) is 12.8 Å². The van der Waals surface area contributed by atoms with Crippen molar-refractivity contribution < 1.29 is 18.7 Å². The first-order valence-corrected chi connectivity index (χ1v) is 7.69. The second-order valence-corrected chi connectivity index (χ2v) is 5.35. The number of rotatable bonds is 5. The van der Waals surface area contributed by atoms with Gasteiger partial charge in [-0.05, 0) is 24.3 Å². The second kappa shape index (κ2) is 7.56. The highest BCUT2D eigenvalue weighted by atomic mass is 19.1. The van der Waals surface area contributed by atoms with E-state index in [1.54, 1.807) is 30.6 Å². The van der Waals surface area contributed by atoms with Crippen LogP contribution in [0.1, 0.15) is 22.1 Å². The third-order valence-corrected chi connectivity index (χ3v) is 3.73. The molecule has 1 unspecified atom stereocenters. The average Bonchev–Trinajstić information content (AvgIpc) is 3.17. The lowest BCUT2D eigenvalue weighted by molar-refractivity contribution is -0.143. The van der Waals surface area contributed by atoms with Crippen LogP contribution in [0.15, 0.2) is 54.9 Å². The lowest BCUT2D eigenvalue weighted by Crippen LogP contribution is -2.35. The molecule has 0 aliphatic carbocycles. The Balaban J connectivity index is 1.84. The first-order valence-electron chi connectivity index (χ1n) is 7.69. The number of amides is 1. The van der Waals surface area contributed by atoms with E-state index in [-0.39, 0.29) is 11.3 Å². The summed E-state index contributed by atoms with van der Waals surface area (Å²) in [5.41, 5.74) is 1.45. The minimum Gasteiger partial charge on any atom is -0.467 e. The van der Waals surface area contributed by atoms with Crippen LogP contribution in [0.3, 0.4) is 0 Å². The molecule has 3 rings (SSSR count). The summed E-state index contributed by atoms with van der Waals surface area (Å²) >= 11 is 0. The molecule has 132 valence electrons. The van der Waals surface area contributed by atoms with Crippen LogP contribution in [0.2, 0.25) is 0 Å². The lowest BCUT2D eigenvalue weighted by atomic mass is 10.1. The Morgan fingerprint density at radius 2 is 1.92 bits per heavy atom. The van der Waals surface area contributed by atoms with Gasteiger partial charge in [0.1, 0.15) is 11.5 Å². The summed E-state index contributed by atoms with van der Waals surface area (Å²) < 4.78 is 18.7. The smallest absolute Gasteiger partial charge is 0.333 e. The number of ether oxygens (including phenoxy) is 1. The number of aromatic nitrogens is 3. The van der Waals surface area contributed by atoms with Crippen molar-refractivity contribution in [1.82, 2.24) is 20.5 Å². The van der Waals surface area contributed by atoms with Gasteiger partial charge in [0.2, 0.25) is 0 Å². The number of halogens is 1. The van der Waals surface area contributed by atoms with Crippen LogP contribution < -0.4 is 5.32 Å². The number of hydrogen-bond acceptors (Lipinski definition) is 5. The van der Waals surface area contributed by atoms with Crippen LogP contribution in [0.5, 0.6) is 0 Å². The Hall–Kier alpha value is -3.55. The van der Waals surface area contributed by atoms with E-state index < -0.39 is 23.7 Å². The topological polar surface area (TPSA) is 97.0 Å². The van der Waals surface area contributed by atoms with E-state index >= 15 is 0 Å². The van der Waals surface area contributed by atoms with Crippen molar-refractivity contribution >= 4 is 11.9 Å². The van der Waals surface area contributed by atoms with Crippen LogP contribution in [0.4, 0.5) is 4.39 Å². The molecule has 0 aliphatic heterocycles. The van der Waals surface area contributed by atoms with Crippen molar-refractivity contribution in [2.24, 2.45) is 0 Å². The molecule has 0 fully saturated rings. The zero-order valence-corrected chi connectivity index (χ0v) is 13.8. The molecule has 0 bridgehead atoms. The Bertz CT molecular complexity index is 927. The molecule has 1 atom stereocenters. The standard InChI is InChI=1S/C18H15FN4O3/c1-26-18(25)16(12-4-2-3-5-13(12)19)21-17(24)15-10-14(22-23-15)11-6-8-20-9-7-11/h2-10,16H,1H3,(H,21,24)(H,22,23). The van der Waals surface area contributed by atoms with Crippen LogP contribution in [0.25, 0.3) is 11.3 Å². The second-order valence-electron chi connectivity index (χ2n) is 5.35. The highest BCUT2D eigenvalue weighted by Crippen LogP contribution is 2.20. The maximum absolute atomic E-state index is 14.0. The fourth-order valence-corrected chi connectivity index (χ4v) is 2.41. The molecule has 0 aliphatic rings. The predicted molar refractivity (Wildman–Crippen MR) is 90.4 cm³/mol. The molecule has 3 aromatic rings. The van der Waals surface area contributed by atoms with Gasteiger partial charge >= 0.3 is 5.97 Å². The van der Waals surface area contributed by atoms with E-state index in [0.29, 0.717) is 5.69 Å². The summed E-state index contributed by atoms with van der Waals surface area (Å²) in [7, 11) is 1.17. The third kappa shape index (κ3) is 3.59. The summed E-state index contributed by atoms with van der Waals surface area (Å²) in [4.78, 5) is 28.4. The Labute approximate surface area is 148 Å². The summed E-state index contributed by atoms with van der Waals surface area (Å²) in [6, 6.07) is 9.41. The van der Waals surface area contributed by atoms with Gasteiger partial charge in [-0.25, -0.2) is 9.18 Å². The largest absolute Gasteiger partial charge is 0.467 e. The molecule has 8 heteroatoms. The number of pyridine rings is 1. The molecule has 0 saturated heterocycles. The van der Waals surface area contributed by atoms with E-state index in [9.17, 15) is 14.0 Å². The number of H-pyrrole nitrogens is 1. The summed E-state index contributed by atoms with van der Waals surface area (Å²) in [5.74, 6) is -2.01. The Morgan fingerprint density at radius 3 is 2.62 bits per heavy atom.